The van der Waals surface area contributed by atoms with Gasteiger partial charge in [-0.25, -0.2) is 4.90 Å². The molecule has 2 saturated heterocycles. The van der Waals surface area contributed by atoms with Crippen molar-refractivity contribution in [2.45, 2.75) is 24.2 Å². The van der Waals surface area contributed by atoms with Gasteiger partial charge in [0, 0.05) is 28.6 Å². The Balaban J connectivity index is 1.32. The molecule has 2 heterocycles. The van der Waals surface area contributed by atoms with Crippen LogP contribution in [-0.2, 0) is 24.6 Å². The molecule has 0 spiro atoms. The number of fused-ring (bicyclic) bond motifs is 4. The Kier molecular flexibility index (Phi) is 8.27. The summed E-state index contributed by atoms with van der Waals surface area (Å²) in [5.41, 5.74) is 2.82. The van der Waals surface area contributed by atoms with Gasteiger partial charge in [-0.15, -0.1) is 0 Å². The maximum atomic E-state index is 15.3. The predicted octanol–water partition coefficient (Wildman–Crippen LogP) is 6.81. The van der Waals surface area contributed by atoms with Gasteiger partial charge in [0.1, 0.15) is 11.5 Å². The number of methoxy groups -OCH3 is 1. The van der Waals surface area contributed by atoms with Crippen molar-refractivity contribution in [2.24, 2.45) is 23.7 Å². The molecule has 2 aliphatic heterocycles. The Labute approximate surface area is 312 Å². The molecule has 1 saturated carbocycles. The van der Waals surface area contributed by atoms with Crippen LogP contribution in [0.25, 0.3) is 0 Å². The van der Waals surface area contributed by atoms with Gasteiger partial charge < -0.3 is 9.84 Å². The van der Waals surface area contributed by atoms with Crippen molar-refractivity contribution in [2.75, 3.05) is 17.4 Å². The number of aromatic hydroxyl groups is 1. The molecule has 3 fully saturated rings. The van der Waals surface area contributed by atoms with Gasteiger partial charge in [0.2, 0.25) is 11.8 Å². The maximum absolute atomic E-state index is 15.3. The number of nitrogens with zero attached hydrogens (tertiary/aromatic N) is 3. The lowest BCUT2D eigenvalue weighted by Crippen LogP contribution is -2.53. The molecule has 6 unspecified atom stereocenters. The van der Waals surface area contributed by atoms with Crippen molar-refractivity contribution in [3.05, 3.63) is 134 Å². The van der Waals surface area contributed by atoms with Crippen LogP contribution in [0.5, 0.6) is 11.5 Å². The van der Waals surface area contributed by atoms with Crippen molar-refractivity contribution in [3.8, 4) is 11.5 Å². The number of para-hydroxylation sites is 1. The number of hydrogen-bond acceptors (Lipinski definition) is 9. The number of carbonyl (C=O) groups is 4. The molecule has 0 aromatic heterocycles. The highest BCUT2D eigenvalue weighted by atomic mass is 35.5. The second kappa shape index (κ2) is 12.7. The van der Waals surface area contributed by atoms with Gasteiger partial charge in [0.15, 0.2) is 0 Å². The fraction of sp³-hybridized carbons (Fsp3) is 0.231. The summed E-state index contributed by atoms with van der Waals surface area (Å²) < 4.78 is 5.43. The monoisotopic (exact) mass is 752 g/mol. The topological polar surface area (TPSA) is 159 Å². The molecule has 4 amide bonds. The lowest BCUT2D eigenvalue weighted by atomic mass is 9.49. The van der Waals surface area contributed by atoms with E-state index in [4.69, 9.17) is 27.9 Å². The number of ether oxygens (including phenoxy) is 1. The maximum Gasteiger partial charge on any atom is 0.271 e. The zero-order valence-corrected chi connectivity index (χ0v) is 29.5. The quantitative estimate of drug-likeness (QED) is 0.0896. The summed E-state index contributed by atoms with van der Waals surface area (Å²) in [5, 5.41) is 24.5. The van der Waals surface area contributed by atoms with Crippen molar-refractivity contribution >= 4 is 63.9 Å². The van der Waals surface area contributed by atoms with Crippen molar-refractivity contribution in [1.82, 2.24) is 5.01 Å². The molecule has 8 rings (SSSR count). The van der Waals surface area contributed by atoms with E-state index in [1.165, 1.54) is 43.5 Å². The van der Waals surface area contributed by atoms with Crippen LogP contribution in [-0.4, -0.2) is 45.8 Å². The van der Waals surface area contributed by atoms with E-state index in [2.05, 4.69) is 5.43 Å². The first-order chi connectivity index (χ1) is 25.5. The number of non-ortho nitro benzene ring substituents is 1. The number of anilines is 2. The van der Waals surface area contributed by atoms with Crippen molar-refractivity contribution in [1.29, 1.82) is 0 Å². The number of rotatable bonds is 7. The summed E-state index contributed by atoms with van der Waals surface area (Å²) in [5.74, 6) is -6.40. The van der Waals surface area contributed by atoms with E-state index in [0.717, 1.165) is 9.91 Å². The molecule has 4 aromatic carbocycles. The minimum atomic E-state index is -1.64. The SMILES string of the molecule is COc1ccc(C23C(=O)N(Nc4ccc(Cl)cc4Cl)C(=O)C2CC2C(=CCC4C(=O)N(c5cccc([N+](=O)[O-])c5)C(=O)C42)C3c2ccccc2O)cc1. The van der Waals surface area contributed by atoms with E-state index in [1.807, 2.05) is 6.08 Å². The number of hydrazine groups is 1. The standard InChI is InChI=1S/C39H30Cl2N4O8/c1-53-24-12-9-20(10-13-24)39-29(36(48)44(38(39)50)42-31-16-11-21(40)17-30(31)41)19-28-25(34(39)26-7-2-3-8-32(26)46)14-15-27-33(28)37(49)43(35(27)47)22-5-4-6-23(18-22)45(51)52/h2-14,16-18,27-29,33-34,42,46H,15,19H2,1H3. The largest absolute Gasteiger partial charge is 0.508 e. The third-order valence-corrected chi connectivity index (χ3v) is 11.7. The van der Waals surface area contributed by atoms with E-state index in [9.17, 15) is 29.6 Å². The number of allylic oxidation sites excluding steroid dienone is 2. The molecule has 0 radical (unpaired) electrons. The van der Waals surface area contributed by atoms with E-state index in [-0.39, 0.29) is 40.7 Å². The molecule has 6 atom stereocenters. The normalized spacial score (nSPS) is 26.2. The minimum Gasteiger partial charge on any atom is -0.508 e. The molecule has 4 aromatic rings. The van der Waals surface area contributed by atoms with Crippen LogP contribution in [0.1, 0.15) is 29.9 Å². The van der Waals surface area contributed by atoms with Crippen LogP contribution in [0.3, 0.4) is 0 Å². The Morgan fingerprint density at radius 1 is 0.906 bits per heavy atom. The highest BCUT2D eigenvalue weighted by molar-refractivity contribution is 6.36. The summed E-state index contributed by atoms with van der Waals surface area (Å²) in [6.45, 7) is 0. The van der Waals surface area contributed by atoms with E-state index < -0.39 is 63.6 Å². The lowest BCUT2D eigenvalue weighted by molar-refractivity contribution is -0.384. The number of nitro groups is 1. The third kappa shape index (κ3) is 5.11. The number of hydrogen-bond donors (Lipinski definition) is 2. The van der Waals surface area contributed by atoms with Crippen LogP contribution in [0, 0.1) is 33.8 Å². The van der Waals surface area contributed by atoms with Crippen LogP contribution < -0.4 is 15.1 Å². The summed E-state index contributed by atoms with van der Waals surface area (Å²) in [4.78, 5) is 70.6. The number of benzene rings is 4. The van der Waals surface area contributed by atoms with Crippen LogP contribution in [0.15, 0.2) is 103 Å². The summed E-state index contributed by atoms with van der Waals surface area (Å²) in [7, 11) is 1.51. The summed E-state index contributed by atoms with van der Waals surface area (Å²) >= 11 is 12.6. The van der Waals surface area contributed by atoms with Crippen LogP contribution >= 0.6 is 23.2 Å². The van der Waals surface area contributed by atoms with E-state index in [0.29, 0.717) is 27.5 Å². The lowest BCUT2D eigenvalue weighted by Gasteiger charge is -2.50. The van der Waals surface area contributed by atoms with Gasteiger partial charge in [0.25, 0.3) is 17.5 Å². The van der Waals surface area contributed by atoms with Crippen LogP contribution in [0.2, 0.25) is 10.0 Å². The average molecular weight is 754 g/mol. The molecule has 268 valence electrons. The molecule has 4 aliphatic rings. The molecule has 14 heteroatoms. The van der Waals surface area contributed by atoms with Gasteiger partial charge in [0.05, 0.1) is 51.6 Å². The second-order valence-corrected chi connectivity index (χ2v) is 14.4. The number of phenolic OH excluding ortho intramolecular Hbond substituents is 1. The molecule has 12 nitrogen and oxygen atoms in total. The predicted molar refractivity (Wildman–Crippen MR) is 194 cm³/mol. The van der Waals surface area contributed by atoms with Crippen molar-refractivity contribution in [3.63, 3.8) is 0 Å². The summed E-state index contributed by atoms with van der Waals surface area (Å²) in [6.07, 6.45) is 1.99. The molecule has 0 bridgehead atoms. The molecule has 53 heavy (non-hydrogen) atoms. The Bertz CT molecular complexity index is 2280. The zero-order chi connectivity index (χ0) is 37.3. The number of phenols is 1. The number of halogens is 2. The molecule has 2 N–H and O–H groups in total. The first-order valence-corrected chi connectivity index (χ1v) is 17.6. The van der Waals surface area contributed by atoms with Crippen LogP contribution in [0.4, 0.5) is 17.1 Å². The van der Waals surface area contributed by atoms with Gasteiger partial charge in [-0.2, -0.15) is 5.01 Å². The fourth-order valence-electron chi connectivity index (χ4n) is 8.92. The molecule has 2 aliphatic carbocycles. The number of imide groups is 2. The Morgan fingerprint density at radius 3 is 2.36 bits per heavy atom. The Hall–Kier alpha value is -5.72. The van der Waals surface area contributed by atoms with Gasteiger partial charge in [-0.3, -0.25) is 34.7 Å². The number of amides is 4. The first-order valence-electron chi connectivity index (χ1n) is 16.8. The van der Waals surface area contributed by atoms with Gasteiger partial charge >= 0.3 is 0 Å². The van der Waals surface area contributed by atoms with Gasteiger partial charge in [-0.1, -0.05) is 71.2 Å². The number of nitro benzene ring substituents is 1. The molecular formula is C39H30Cl2N4O8. The summed E-state index contributed by atoms with van der Waals surface area (Å²) in [6, 6.07) is 23.3. The Morgan fingerprint density at radius 2 is 1.66 bits per heavy atom. The molecular weight excluding hydrogens is 723 g/mol. The fourth-order valence-corrected chi connectivity index (χ4v) is 9.37. The highest BCUT2D eigenvalue weighted by Crippen LogP contribution is 2.65. The average Bonchev–Trinajstić information content (AvgIpc) is 3.53. The number of carbonyl (C=O) groups excluding carboxylic acids is 4. The minimum absolute atomic E-state index is 0.00201. The first kappa shape index (κ1) is 34.4. The smallest absolute Gasteiger partial charge is 0.271 e. The van der Waals surface area contributed by atoms with Crippen molar-refractivity contribution < 1.29 is 33.9 Å². The van der Waals surface area contributed by atoms with E-state index in [1.54, 1.807) is 54.6 Å². The third-order valence-electron chi connectivity index (χ3n) is 11.1. The second-order valence-electron chi connectivity index (χ2n) is 13.6. The highest BCUT2D eigenvalue weighted by Gasteiger charge is 2.70. The van der Waals surface area contributed by atoms with E-state index >= 15 is 4.79 Å². The number of nitrogens with one attached hydrogen (secondary N) is 1. The van der Waals surface area contributed by atoms with Gasteiger partial charge in [-0.05, 0) is 66.8 Å². The zero-order valence-electron chi connectivity index (χ0n) is 27.9.